The summed E-state index contributed by atoms with van der Waals surface area (Å²) in [5.74, 6) is 0.549. The van der Waals surface area contributed by atoms with Gasteiger partial charge in [-0.2, -0.15) is 0 Å². The highest BCUT2D eigenvalue weighted by Crippen LogP contribution is 2.22. The van der Waals surface area contributed by atoms with E-state index in [1.165, 1.54) is 4.88 Å². The fraction of sp³-hybridized carbons (Fsp3) is 0.615. The number of rotatable bonds is 7. The Morgan fingerprint density at radius 2 is 2.17 bits per heavy atom. The fourth-order valence-electron chi connectivity index (χ4n) is 1.78. The summed E-state index contributed by atoms with van der Waals surface area (Å²) in [6, 6.07) is 4.13. The first-order valence-electron chi connectivity index (χ1n) is 6.21. The van der Waals surface area contributed by atoms with Crippen LogP contribution in [0.25, 0.3) is 0 Å². The number of hydrogen-bond donors (Lipinski definition) is 2. The number of amides is 1. The summed E-state index contributed by atoms with van der Waals surface area (Å²) in [5.41, 5.74) is 0. The molecule has 0 aliphatic carbocycles. The van der Waals surface area contributed by atoms with Crippen molar-refractivity contribution in [1.29, 1.82) is 0 Å². The van der Waals surface area contributed by atoms with Crippen molar-refractivity contribution in [2.45, 2.75) is 20.3 Å². The van der Waals surface area contributed by atoms with Gasteiger partial charge in [0.25, 0.3) is 0 Å². The molecule has 102 valence electrons. The summed E-state index contributed by atoms with van der Waals surface area (Å²) in [6.45, 7) is 5.60. The molecule has 0 aliphatic heterocycles. The Morgan fingerprint density at radius 1 is 1.44 bits per heavy atom. The summed E-state index contributed by atoms with van der Waals surface area (Å²) in [7, 11) is 1.88. The lowest BCUT2D eigenvalue weighted by atomic mass is 9.95. The van der Waals surface area contributed by atoms with Gasteiger partial charge in [0.2, 0.25) is 5.91 Å². The van der Waals surface area contributed by atoms with Crippen LogP contribution >= 0.6 is 27.3 Å². The molecule has 0 saturated heterocycles. The van der Waals surface area contributed by atoms with E-state index in [2.05, 4.69) is 46.5 Å². The Morgan fingerprint density at radius 3 is 2.67 bits per heavy atom. The minimum absolute atomic E-state index is 0.0464. The zero-order valence-electron chi connectivity index (χ0n) is 11.1. The van der Waals surface area contributed by atoms with Crippen LogP contribution in [0.1, 0.15) is 18.7 Å². The monoisotopic (exact) mass is 332 g/mol. The number of nitrogens with one attached hydrogen (secondary N) is 2. The van der Waals surface area contributed by atoms with Crippen molar-refractivity contribution < 1.29 is 4.79 Å². The van der Waals surface area contributed by atoms with Crippen molar-refractivity contribution in [1.82, 2.24) is 10.6 Å². The van der Waals surface area contributed by atoms with Crippen LogP contribution in [-0.2, 0) is 11.2 Å². The zero-order valence-corrected chi connectivity index (χ0v) is 13.5. The van der Waals surface area contributed by atoms with Gasteiger partial charge in [-0.15, -0.1) is 11.3 Å². The van der Waals surface area contributed by atoms with Crippen molar-refractivity contribution >= 4 is 33.2 Å². The predicted molar refractivity (Wildman–Crippen MR) is 81.0 cm³/mol. The Labute approximate surface area is 121 Å². The first-order chi connectivity index (χ1) is 8.54. The Hall–Kier alpha value is -0.390. The number of thiophene rings is 1. The molecule has 0 saturated carbocycles. The first kappa shape index (κ1) is 15.7. The van der Waals surface area contributed by atoms with E-state index in [-0.39, 0.29) is 11.8 Å². The van der Waals surface area contributed by atoms with Crippen LogP contribution in [0, 0.1) is 11.8 Å². The smallest absolute Gasteiger partial charge is 0.224 e. The van der Waals surface area contributed by atoms with Crippen LogP contribution in [0.3, 0.4) is 0 Å². The topological polar surface area (TPSA) is 41.1 Å². The highest BCUT2D eigenvalue weighted by molar-refractivity contribution is 9.11. The second-order valence-corrected chi connectivity index (χ2v) is 7.20. The van der Waals surface area contributed by atoms with Gasteiger partial charge in [-0.05, 0) is 47.4 Å². The molecule has 0 radical (unpaired) electrons. The van der Waals surface area contributed by atoms with E-state index < -0.39 is 0 Å². The molecule has 0 aliphatic rings. The number of halogens is 1. The molecule has 1 atom stereocenters. The fourth-order valence-corrected chi connectivity index (χ4v) is 3.26. The van der Waals surface area contributed by atoms with E-state index >= 15 is 0 Å². The number of hydrogen-bond acceptors (Lipinski definition) is 3. The van der Waals surface area contributed by atoms with Crippen molar-refractivity contribution in [3.8, 4) is 0 Å². The van der Waals surface area contributed by atoms with Crippen molar-refractivity contribution in [3.63, 3.8) is 0 Å². The molecular formula is C13H21BrN2OS. The molecule has 18 heavy (non-hydrogen) atoms. The molecule has 3 nitrogen and oxygen atoms in total. The third-order valence-corrected chi connectivity index (χ3v) is 4.55. The summed E-state index contributed by atoms with van der Waals surface area (Å²) in [4.78, 5) is 13.3. The number of carbonyl (C=O) groups is 1. The number of carbonyl (C=O) groups excluding carboxylic acids is 1. The Kier molecular flexibility index (Phi) is 6.89. The maximum Gasteiger partial charge on any atom is 0.224 e. The van der Waals surface area contributed by atoms with E-state index in [1.807, 2.05) is 13.1 Å². The molecule has 1 unspecified atom stereocenters. The van der Waals surface area contributed by atoms with Gasteiger partial charge in [-0.1, -0.05) is 13.8 Å². The minimum atomic E-state index is 0.0464. The highest BCUT2D eigenvalue weighted by Gasteiger charge is 2.20. The maximum atomic E-state index is 12.0. The summed E-state index contributed by atoms with van der Waals surface area (Å²) in [6.07, 6.45) is 0.895. The maximum absolute atomic E-state index is 12.0. The molecule has 1 heterocycles. The summed E-state index contributed by atoms with van der Waals surface area (Å²) in [5, 5.41) is 6.10. The van der Waals surface area contributed by atoms with Gasteiger partial charge in [0, 0.05) is 18.0 Å². The molecule has 1 amide bonds. The van der Waals surface area contributed by atoms with Gasteiger partial charge >= 0.3 is 0 Å². The predicted octanol–water partition coefficient (Wildman–Crippen LogP) is 2.66. The quantitative estimate of drug-likeness (QED) is 0.805. The Bertz CT molecular complexity index is 379. The van der Waals surface area contributed by atoms with Gasteiger partial charge in [0.15, 0.2) is 0 Å². The lowest BCUT2D eigenvalue weighted by Gasteiger charge is -2.19. The SMILES string of the molecule is CNCC(C(=O)NCCc1ccc(Br)s1)C(C)C. The second-order valence-electron chi connectivity index (χ2n) is 4.66. The standard InChI is InChI=1S/C13H21BrN2OS/c1-9(2)11(8-15-3)13(17)16-7-6-10-4-5-12(14)18-10/h4-5,9,11,15H,6-8H2,1-3H3,(H,16,17). The van der Waals surface area contributed by atoms with E-state index in [1.54, 1.807) is 11.3 Å². The van der Waals surface area contributed by atoms with Crippen molar-refractivity contribution in [2.75, 3.05) is 20.1 Å². The Balaban J connectivity index is 2.35. The largest absolute Gasteiger partial charge is 0.355 e. The van der Waals surface area contributed by atoms with Gasteiger partial charge in [-0.3, -0.25) is 4.79 Å². The molecule has 5 heteroatoms. The van der Waals surface area contributed by atoms with Crippen molar-refractivity contribution in [2.24, 2.45) is 11.8 Å². The molecule has 1 aromatic heterocycles. The van der Waals surface area contributed by atoms with E-state index in [0.29, 0.717) is 12.5 Å². The molecule has 1 aromatic rings. The van der Waals surface area contributed by atoms with Gasteiger partial charge in [0.1, 0.15) is 0 Å². The van der Waals surface area contributed by atoms with Crippen LogP contribution in [0.2, 0.25) is 0 Å². The second kappa shape index (κ2) is 7.92. The zero-order chi connectivity index (χ0) is 13.5. The molecule has 2 N–H and O–H groups in total. The molecule has 1 rings (SSSR count). The third kappa shape index (κ3) is 5.08. The van der Waals surface area contributed by atoms with Crippen LogP contribution in [-0.4, -0.2) is 26.0 Å². The molecule has 0 bridgehead atoms. The van der Waals surface area contributed by atoms with Crippen LogP contribution < -0.4 is 10.6 Å². The minimum Gasteiger partial charge on any atom is -0.355 e. The van der Waals surface area contributed by atoms with Crippen LogP contribution in [0.15, 0.2) is 15.9 Å². The lowest BCUT2D eigenvalue weighted by Crippen LogP contribution is -2.39. The van der Waals surface area contributed by atoms with E-state index in [4.69, 9.17) is 0 Å². The molecule has 0 fully saturated rings. The molecular weight excluding hydrogens is 312 g/mol. The average molecular weight is 333 g/mol. The average Bonchev–Trinajstić information content (AvgIpc) is 2.71. The van der Waals surface area contributed by atoms with E-state index in [0.717, 1.165) is 16.8 Å². The van der Waals surface area contributed by atoms with Crippen molar-refractivity contribution in [3.05, 3.63) is 20.8 Å². The highest BCUT2D eigenvalue weighted by atomic mass is 79.9. The molecule has 0 aromatic carbocycles. The normalized spacial score (nSPS) is 12.7. The first-order valence-corrected chi connectivity index (χ1v) is 7.82. The van der Waals surface area contributed by atoms with Crippen LogP contribution in [0.4, 0.5) is 0 Å². The lowest BCUT2D eigenvalue weighted by molar-refractivity contribution is -0.126. The summed E-state index contributed by atoms with van der Waals surface area (Å²) >= 11 is 5.16. The van der Waals surface area contributed by atoms with Crippen LogP contribution in [0.5, 0.6) is 0 Å². The van der Waals surface area contributed by atoms with Gasteiger partial charge in [-0.25, -0.2) is 0 Å². The summed E-state index contributed by atoms with van der Waals surface area (Å²) < 4.78 is 1.14. The van der Waals surface area contributed by atoms with Gasteiger partial charge in [0.05, 0.1) is 9.70 Å². The van der Waals surface area contributed by atoms with Gasteiger partial charge < -0.3 is 10.6 Å². The third-order valence-electron chi connectivity index (χ3n) is 2.87. The molecule has 0 spiro atoms. The van der Waals surface area contributed by atoms with E-state index in [9.17, 15) is 4.79 Å².